The van der Waals surface area contributed by atoms with Gasteiger partial charge in [-0.25, -0.2) is 0 Å². The molecule has 2 heteroatoms. The first-order valence-electron chi connectivity index (χ1n) is 7.66. The van der Waals surface area contributed by atoms with Crippen LogP contribution < -0.4 is 0 Å². The summed E-state index contributed by atoms with van der Waals surface area (Å²) in [5, 5.41) is 0.810. The van der Waals surface area contributed by atoms with Crippen molar-refractivity contribution in [2.75, 3.05) is 0 Å². The van der Waals surface area contributed by atoms with Crippen molar-refractivity contribution in [3.63, 3.8) is 0 Å². The number of hydrogen-bond donors (Lipinski definition) is 0. The van der Waals surface area contributed by atoms with Gasteiger partial charge in [0.25, 0.3) is 0 Å². The fourth-order valence-electron chi connectivity index (χ4n) is 2.27. The maximum Gasteiger partial charge on any atom is 0.189 e. The lowest BCUT2D eigenvalue weighted by atomic mass is 9.86. The van der Waals surface area contributed by atoms with E-state index in [0.717, 1.165) is 24.7 Å². The molecule has 0 radical (unpaired) electrons. The smallest absolute Gasteiger partial charge is 0.189 e. The third-order valence-corrected chi connectivity index (χ3v) is 4.38. The van der Waals surface area contributed by atoms with E-state index < -0.39 is 0 Å². The quantitative estimate of drug-likeness (QED) is 0.476. The van der Waals surface area contributed by atoms with Crippen LogP contribution in [0.4, 0.5) is 0 Å². The maximum atomic E-state index is 11.6. The molecule has 18 heavy (non-hydrogen) atoms. The van der Waals surface area contributed by atoms with Crippen LogP contribution in [0.1, 0.15) is 79.6 Å². The molecule has 0 aliphatic rings. The molecule has 0 saturated carbocycles. The van der Waals surface area contributed by atoms with E-state index in [1.54, 1.807) is 0 Å². The van der Waals surface area contributed by atoms with Crippen LogP contribution in [-0.2, 0) is 4.79 Å². The van der Waals surface area contributed by atoms with E-state index in [4.69, 9.17) is 0 Å². The third kappa shape index (κ3) is 9.99. The molecule has 1 unspecified atom stereocenters. The minimum Gasteiger partial charge on any atom is -0.287 e. The summed E-state index contributed by atoms with van der Waals surface area (Å²) in [6.45, 7) is 11.1. The zero-order valence-electron chi connectivity index (χ0n) is 13.0. The van der Waals surface area contributed by atoms with Gasteiger partial charge < -0.3 is 0 Å². The Morgan fingerprint density at radius 2 is 1.61 bits per heavy atom. The molecule has 0 aromatic carbocycles. The summed E-state index contributed by atoms with van der Waals surface area (Å²) in [7, 11) is 0. The van der Waals surface area contributed by atoms with Gasteiger partial charge in [-0.3, -0.25) is 4.79 Å². The molecule has 0 amide bonds. The topological polar surface area (TPSA) is 17.1 Å². The molecule has 0 aliphatic carbocycles. The van der Waals surface area contributed by atoms with Crippen molar-refractivity contribution in [1.29, 1.82) is 0 Å². The van der Waals surface area contributed by atoms with Gasteiger partial charge in [-0.2, -0.15) is 0 Å². The molecule has 0 heterocycles. The lowest BCUT2D eigenvalue weighted by Gasteiger charge is -2.20. The fourth-order valence-corrected chi connectivity index (χ4v) is 3.06. The number of hydrogen-bond acceptors (Lipinski definition) is 2. The van der Waals surface area contributed by atoms with Gasteiger partial charge in [0.1, 0.15) is 0 Å². The minimum absolute atomic E-state index is 0.375. The summed E-state index contributed by atoms with van der Waals surface area (Å²) < 4.78 is 0. The zero-order chi connectivity index (χ0) is 14.0. The monoisotopic (exact) mass is 272 g/mol. The van der Waals surface area contributed by atoms with Crippen LogP contribution in [0, 0.1) is 11.8 Å². The lowest BCUT2D eigenvalue weighted by molar-refractivity contribution is -0.111. The van der Waals surface area contributed by atoms with Crippen molar-refractivity contribution in [3.8, 4) is 0 Å². The largest absolute Gasteiger partial charge is 0.287 e. The Hall–Kier alpha value is 0.0200. The number of carbonyl (C=O) groups is 1. The van der Waals surface area contributed by atoms with Gasteiger partial charge in [0.2, 0.25) is 0 Å². The molecule has 0 rings (SSSR count). The maximum absolute atomic E-state index is 11.6. The number of rotatable bonds is 10. The second-order valence-corrected chi connectivity index (χ2v) is 7.56. The molecule has 0 bridgehead atoms. The van der Waals surface area contributed by atoms with Crippen LogP contribution in [0.5, 0.6) is 0 Å². The third-order valence-electron chi connectivity index (χ3n) is 3.44. The van der Waals surface area contributed by atoms with E-state index in [1.807, 2.05) is 0 Å². The molecule has 1 nitrogen and oxygen atoms in total. The Balaban J connectivity index is 3.69. The van der Waals surface area contributed by atoms with Crippen LogP contribution in [0.3, 0.4) is 0 Å². The highest BCUT2D eigenvalue weighted by Crippen LogP contribution is 2.25. The second kappa shape index (κ2) is 10.9. The predicted molar refractivity (Wildman–Crippen MR) is 84.1 cm³/mol. The fraction of sp³-hybridized carbons (Fsp3) is 0.938. The van der Waals surface area contributed by atoms with Gasteiger partial charge in [0.15, 0.2) is 5.12 Å². The summed E-state index contributed by atoms with van der Waals surface area (Å²) in [5.74, 6) is 1.65. The van der Waals surface area contributed by atoms with Crippen molar-refractivity contribution < 1.29 is 4.79 Å². The summed E-state index contributed by atoms with van der Waals surface area (Å²) in [5.41, 5.74) is 0. The van der Waals surface area contributed by atoms with Crippen molar-refractivity contribution in [3.05, 3.63) is 0 Å². The van der Waals surface area contributed by atoms with Gasteiger partial charge >= 0.3 is 0 Å². The Bertz CT molecular complexity index is 211. The standard InChI is InChI=1S/C16H32OS/c1-6-7-10-15(13(2)3)11-8-9-12-16(17)18-14(4)5/h13-15H,6-12H2,1-5H3. The van der Waals surface area contributed by atoms with E-state index in [9.17, 15) is 4.79 Å². The van der Waals surface area contributed by atoms with Crippen LogP contribution in [0.15, 0.2) is 0 Å². The Labute approximate surface area is 118 Å². The van der Waals surface area contributed by atoms with E-state index >= 15 is 0 Å². The molecular formula is C16H32OS. The Kier molecular flexibility index (Phi) is 10.9. The van der Waals surface area contributed by atoms with Gasteiger partial charge in [-0.15, -0.1) is 0 Å². The summed E-state index contributed by atoms with van der Waals surface area (Å²) >= 11 is 1.49. The van der Waals surface area contributed by atoms with E-state index in [1.165, 1.54) is 43.9 Å². The van der Waals surface area contributed by atoms with Gasteiger partial charge in [-0.1, -0.05) is 78.5 Å². The van der Waals surface area contributed by atoms with Crippen molar-refractivity contribution in [2.45, 2.75) is 84.8 Å². The average Bonchev–Trinajstić information content (AvgIpc) is 2.26. The first-order chi connectivity index (χ1) is 8.47. The Morgan fingerprint density at radius 1 is 1.00 bits per heavy atom. The van der Waals surface area contributed by atoms with E-state index in [0.29, 0.717) is 10.4 Å². The summed E-state index contributed by atoms with van der Waals surface area (Å²) in [6.07, 6.45) is 8.38. The lowest BCUT2D eigenvalue weighted by Crippen LogP contribution is -2.09. The average molecular weight is 272 g/mol. The van der Waals surface area contributed by atoms with Crippen LogP contribution in [-0.4, -0.2) is 10.4 Å². The molecule has 0 fully saturated rings. The molecular weight excluding hydrogens is 240 g/mol. The van der Waals surface area contributed by atoms with Crippen molar-refractivity contribution in [2.24, 2.45) is 11.8 Å². The number of thioether (sulfide) groups is 1. The predicted octanol–water partition coefficient (Wildman–Crippen LogP) is 5.68. The normalized spacial score (nSPS) is 13.3. The van der Waals surface area contributed by atoms with Crippen LogP contribution in [0.2, 0.25) is 0 Å². The zero-order valence-corrected chi connectivity index (χ0v) is 13.8. The summed E-state index contributed by atoms with van der Waals surface area (Å²) in [4.78, 5) is 11.6. The minimum atomic E-state index is 0.375. The summed E-state index contributed by atoms with van der Waals surface area (Å²) in [6, 6.07) is 0. The highest BCUT2D eigenvalue weighted by Gasteiger charge is 2.13. The molecule has 0 N–H and O–H groups in total. The Morgan fingerprint density at radius 3 is 2.11 bits per heavy atom. The first kappa shape index (κ1) is 18.0. The number of carbonyl (C=O) groups excluding carboxylic acids is 1. The van der Waals surface area contributed by atoms with Crippen LogP contribution in [0.25, 0.3) is 0 Å². The molecule has 0 aromatic rings. The molecule has 108 valence electrons. The van der Waals surface area contributed by atoms with Crippen molar-refractivity contribution >= 4 is 16.9 Å². The molecule has 0 aliphatic heterocycles. The van der Waals surface area contributed by atoms with Gasteiger partial charge in [0, 0.05) is 11.7 Å². The molecule has 1 atom stereocenters. The van der Waals surface area contributed by atoms with E-state index in [-0.39, 0.29) is 0 Å². The van der Waals surface area contributed by atoms with Crippen LogP contribution >= 0.6 is 11.8 Å². The van der Waals surface area contributed by atoms with Gasteiger partial charge in [0.05, 0.1) is 0 Å². The molecule has 0 spiro atoms. The highest BCUT2D eigenvalue weighted by molar-refractivity contribution is 8.14. The van der Waals surface area contributed by atoms with E-state index in [2.05, 4.69) is 34.6 Å². The first-order valence-corrected chi connectivity index (χ1v) is 8.54. The second-order valence-electron chi connectivity index (χ2n) is 5.93. The number of unbranched alkanes of at least 4 members (excludes halogenated alkanes) is 2. The molecule has 0 saturated heterocycles. The van der Waals surface area contributed by atoms with Gasteiger partial charge in [-0.05, 0) is 18.3 Å². The SMILES string of the molecule is CCCCC(CCCCC(=O)SC(C)C)C(C)C. The molecule has 0 aromatic heterocycles. The van der Waals surface area contributed by atoms with Crippen molar-refractivity contribution in [1.82, 2.24) is 0 Å². The highest BCUT2D eigenvalue weighted by atomic mass is 32.2.